The summed E-state index contributed by atoms with van der Waals surface area (Å²) in [5.74, 6) is -0.579. The Hall–Kier alpha value is -3.31. The van der Waals surface area contributed by atoms with Gasteiger partial charge in [0, 0.05) is 24.9 Å². The maximum Gasteiger partial charge on any atom is 0.249 e. The Kier molecular flexibility index (Phi) is 5.81. The molecule has 0 radical (unpaired) electrons. The molecule has 1 atom stereocenters. The van der Waals surface area contributed by atoms with E-state index in [9.17, 15) is 13.6 Å². The molecule has 1 aliphatic heterocycles. The van der Waals surface area contributed by atoms with Gasteiger partial charge in [-0.15, -0.1) is 0 Å². The molecule has 2 aliphatic rings. The molecule has 0 spiro atoms. The third-order valence-electron chi connectivity index (χ3n) is 6.79. The average molecular weight is 450 g/mol. The van der Waals surface area contributed by atoms with Crippen molar-refractivity contribution in [3.05, 3.63) is 65.5 Å². The van der Waals surface area contributed by atoms with Crippen molar-refractivity contribution in [2.45, 2.75) is 44.7 Å². The van der Waals surface area contributed by atoms with Crippen LogP contribution in [0.2, 0.25) is 0 Å². The van der Waals surface area contributed by atoms with Gasteiger partial charge in [0.15, 0.2) is 0 Å². The first kappa shape index (κ1) is 21.5. The first-order chi connectivity index (χ1) is 16.0. The molecule has 1 saturated carbocycles. The van der Waals surface area contributed by atoms with Crippen LogP contribution in [0.3, 0.4) is 0 Å². The molecule has 0 bridgehead atoms. The van der Waals surface area contributed by atoms with Crippen LogP contribution < -0.4 is 0 Å². The number of imidazole rings is 1. The predicted molar refractivity (Wildman–Crippen MR) is 116 cm³/mol. The van der Waals surface area contributed by atoms with E-state index in [-0.39, 0.29) is 29.2 Å². The van der Waals surface area contributed by atoms with Crippen molar-refractivity contribution in [3.8, 4) is 6.07 Å². The fourth-order valence-electron chi connectivity index (χ4n) is 5.09. The summed E-state index contributed by atoms with van der Waals surface area (Å²) in [4.78, 5) is 23.2. The second kappa shape index (κ2) is 8.91. The summed E-state index contributed by atoms with van der Waals surface area (Å²) >= 11 is 0. The van der Waals surface area contributed by atoms with Crippen LogP contribution in [0.15, 0.2) is 42.7 Å². The molecule has 3 aromatic rings. The molecular weight excluding hydrogens is 426 g/mol. The summed E-state index contributed by atoms with van der Waals surface area (Å²) in [6.45, 7) is 1.17. The Morgan fingerprint density at radius 3 is 2.70 bits per heavy atom. The van der Waals surface area contributed by atoms with E-state index in [1.54, 1.807) is 18.5 Å². The SMILES string of the molecule is N#Cc1cc(F)cc([C@@H]2CCON2C(=O)C2CCC(Cn3cnc4cc(F)ccc43)CC2)c1. The van der Waals surface area contributed by atoms with Crippen LogP contribution in [0.25, 0.3) is 11.0 Å². The number of amides is 1. The zero-order valence-electron chi connectivity index (χ0n) is 18.1. The highest BCUT2D eigenvalue weighted by atomic mass is 19.1. The first-order valence-corrected chi connectivity index (χ1v) is 11.3. The maximum atomic E-state index is 13.9. The average Bonchev–Trinajstić information content (AvgIpc) is 3.46. The highest BCUT2D eigenvalue weighted by Gasteiger charge is 2.37. The number of hydrogen-bond acceptors (Lipinski definition) is 4. The van der Waals surface area contributed by atoms with Gasteiger partial charge in [-0.3, -0.25) is 9.63 Å². The third kappa shape index (κ3) is 4.33. The van der Waals surface area contributed by atoms with E-state index >= 15 is 0 Å². The van der Waals surface area contributed by atoms with Crippen molar-refractivity contribution in [1.82, 2.24) is 14.6 Å². The Morgan fingerprint density at radius 2 is 1.91 bits per heavy atom. The highest BCUT2D eigenvalue weighted by molar-refractivity contribution is 5.78. The van der Waals surface area contributed by atoms with Gasteiger partial charge in [0.2, 0.25) is 5.91 Å². The number of halogens is 2. The smallest absolute Gasteiger partial charge is 0.249 e. The number of hydroxylamine groups is 2. The molecule has 2 aromatic carbocycles. The van der Waals surface area contributed by atoms with E-state index in [2.05, 4.69) is 9.55 Å². The second-order valence-corrected chi connectivity index (χ2v) is 8.93. The van der Waals surface area contributed by atoms with Crippen LogP contribution in [0, 0.1) is 34.8 Å². The second-order valence-electron chi connectivity index (χ2n) is 8.93. The number of nitriles is 1. The minimum absolute atomic E-state index is 0.0673. The molecule has 0 unspecified atom stereocenters. The van der Waals surface area contributed by atoms with Gasteiger partial charge in [-0.1, -0.05) is 0 Å². The van der Waals surface area contributed by atoms with Crippen molar-refractivity contribution in [2.75, 3.05) is 6.61 Å². The third-order valence-corrected chi connectivity index (χ3v) is 6.79. The molecule has 6 nitrogen and oxygen atoms in total. The molecule has 1 saturated heterocycles. The Bertz CT molecular complexity index is 1230. The van der Waals surface area contributed by atoms with Crippen LogP contribution in [0.5, 0.6) is 0 Å². The van der Waals surface area contributed by atoms with Crippen LogP contribution >= 0.6 is 0 Å². The van der Waals surface area contributed by atoms with Crippen molar-refractivity contribution < 1.29 is 18.4 Å². The topological polar surface area (TPSA) is 71.2 Å². The Balaban J connectivity index is 1.23. The van der Waals surface area contributed by atoms with E-state index in [1.807, 2.05) is 6.07 Å². The summed E-state index contributed by atoms with van der Waals surface area (Å²) in [6.07, 6.45) is 5.62. The number of fused-ring (bicyclic) bond motifs is 1. The van der Waals surface area contributed by atoms with Crippen molar-refractivity contribution in [2.24, 2.45) is 11.8 Å². The lowest BCUT2D eigenvalue weighted by Crippen LogP contribution is -2.37. The molecule has 170 valence electrons. The molecule has 2 heterocycles. The molecular formula is C25H24F2N4O2. The van der Waals surface area contributed by atoms with Gasteiger partial charge in [-0.25, -0.2) is 18.8 Å². The summed E-state index contributed by atoms with van der Waals surface area (Å²) in [5.41, 5.74) is 2.39. The molecule has 33 heavy (non-hydrogen) atoms. The maximum absolute atomic E-state index is 13.9. The normalized spacial score (nSPS) is 23.1. The van der Waals surface area contributed by atoms with E-state index in [4.69, 9.17) is 10.1 Å². The largest absolute Gasteiger partial charge is 0.330 e. The van der Waals surface area contributed by atoms with Crippen LogP contribution in [0.4, 0.5) is 8.78 Å². The highest BCUT2D eigenvalue weighted by Crippen LogP contribution is 2.37. The zero-order valence-corrected chi connectivity index (χ0v) is 18.1. The molecule has 0 N–H and O–H groups in total. The standard InChI is InChI=1S/C25H24F2N4O2/c26-20-5-6-24-22(12-20)29-15-30(24)14-16-1-3-18(4-2-16)25(32)31-23(7-8-33-31)19-9-17(13-28)10-21(27)11-19/h5-6,9-12,15-16,18,23H,1-4,7-8,14H2/t16?,18?,23-/m0/s1. The van der Waals surface area contributed by atoms with Gasteiger partial charge in [-0.2, -0.15) is 5.26 Å². The van der Waals surface area contributed by atoms with Crippen molar-refractivity contribution >= 4 is 16.9 Å². The van der Waals surface area contributed by atoms with Gasteiger partial charge in [0.05, 0.1) is 41.6 Å². The number of benzene rings is 2. The minimum Gasteiger partial charge on any atom is -0.330 e. The van der Waals surface area contributed by atoms with Crippen LogP contribution in [0.1, 0.15) is 49.3 Å². The van der Waals surface area contributed by atoms with Gasteiger partial charge < -0.3 is 4.57 Å². The van der Waals surface area contributed by atoms with Crippen LogP contribution in [-0.4, -0.2) is 27.1 Å². The molecule has 1 aromatic heterocycles. The van der Waals surface area contributed by atoms with Gasteiger partial charge in [-0.05, 0) is 67.5 Å². The van der Waals surface area contributed by atoms with Gasteiger partial charge >= 0.3 is 0 Å². The van der Waals surface area contributed by atoms with E-state index in [0.717, 1.165) is 37.7 Å². The lowest BCUT2D eigenvalue weighted by molar-refractivity contribution is -0.183. The predicted octanol–water partition coefficient (Wildman–Crippen LogP) is 4.90. The Morgan fingerprint density at radius 1 is 1.09 bits per heavy atom. The number of hydrogen-bond donors (Lipinski definition) is 0. The molecule has 2 fully saturated rings. The zero-order chi connectivity index (χ0) is 22.9. The summed E-state index contributed by atoms with van der Waals surface area (Å²) in [7, 11) is 0. The van der Waals surface area contributed by atoms with E-state index < -0.39 is 5.82 Å². The summed E-state index contributed by atoms with van der Waals surface area (Å²) in [5, 5.41) is 10.5. The van der Waals surface area contributed by atoms with E-state index in [1.165, 1.54) is 29.3 Å². The van der Waals surface area contributed by atoms with E-state index in [0.29, 0.717) is 30.0 Å². The molecule has 1 amide bonds. The summed E-state index contributed by atoms with van der Waals surface area (Å²) < 4.78 is 29.4. The minimum atomic E-state index is -0.487. The number of aromatic nitrogens is 2. The summed E-state index contributed by atoms with van der Waals surface area (Å²) in [6, 6.07) is 10.4. The molecule has 8 heteroatoms. The lowest BCUT2D eigenvalue weighted by Gasteiger charge is -2.32. The number of rotatable bonds is 4. The fourth-order valence-corrected chi connectivity index (χ4v) is 5.09. The first-order valence-electron chi connectivity index (χ1n) is 11.3. The number of nitrogens with zero attached hydrogens (tertiary/aromatic N) is 4. The molecule has 1 aliphatic carbocycles. The Labute approximate surface area is 190 Å². The van der Waals surface area contributed by atoms with Crippen molar-refractivity contribution in [1.29, 1.82) is 5.26 Å². The van der Waals surface area contributed by atoms with Crippen LogP contribution in [-0.2, 0) is 16.2 Å². The van der Waals surface area contributed by atoms with Crippen molar-refractivity contribution in [3.63, 3.8) is 0 Å². The number of carbonyl (C=O) groups excluding carboxylic acids is 1. The molecule has 5 rings (SSSR count). The number of carbonyl (C=O) groups is 1. The lowest BCUT2D eigenvalue weighted by atomic mass is 9.81. The monoisotopic (exact) mass is 450 g/mol. The van der Waals surface area contributed by atoms with Gasteiger partial charge in [0.1, 0.15) is 11.6 Å². The fraction of sp³-hybridized carbons (Fsp3) is 0.400. The van der Waals surface area contributed by atoms with Gasteiger partial charge in [0.25, 0.3) is 0 Å². The quantitative estimate of drug-likeness (QED) is 0.567.